The molecule has 20 heteroatoms. The smallest absolute Gasteiger partial charge is 0.293 e. The summed E-state index contributed by atoms with van der Waals surface area (Å²) in [6, 6.07) is 7.86. The van der Waals surface area contributed by atoms with Crippen LogP contribution in [0.1, 0.15) is 72.6 Å². The highest BCUT2D eigenvalue weighted by Gasteiger charge is 2.67. The van der Waals surface area contributed by atoms with Crippen molar-refractivity contribution in [1.82, 2.24) is 34.8 Å². The third kappa shape index (κ3) is 8.30. The van der Waals surface area contributed by atoms with Gasteiger partial charge in [-0.3, -0.25) is 23.8 Å². The van der Waals surface area contributed by atoms with E-state index in [0.29, 0.717) is 40.5 Å². The fourth-order valence-electron chi connectivity index (χ4n) is 8.51. The summed E-state index contributed by atoms with van der Waals surface area (Å²) >= 11 is 6.64. The Labute approximate surface area is 351 Å². The van der Waals surface area contributed by atoms with Crippen molar-refractivity contribution in [3.05, 3.63) is 93.0 Å². The van der Waals surface area contributed by atoms with Crippen LogP contribution < -0.4 is 10.0 Å². The number of amides is 1. The first-order valence-corrected chi connectivity index (χ1v) is 21.6. The van der Waals surface area contributed by atoms with Crippen molar-refractivity contribution in [2.24, 2.45) is 13.0 Å². The molecule has 4 heterocycles. The van der Waals surface area contributed by atoms with E-state index in [0.717, 1.165) is 31.5 Å². The Morgan fingerprint density at radius 2 is 1.80 bits per heavy atom. The number of ether oxygens (including phenoxy) is 1. The van der Waals surface area contributed by atoms with Gasteiger partial charge in [-0.05, 0) is 74.0 Å². The van der Waals surface area contributed by atoms with Crippen molar-refractivity contribution in [2.45, 2.75) is 63.1 Å². The van der Waals surface area contributed by atoms with Gasteiger partial charge in [-0.1, -0.05) is 30.5 Å². The largest absolute Gasteiger partial charge is 0.360 e. The lowest BCUT2D eigenvalue weighted by Gasteiger charge is -2.36. The number of nitrogens with one attached hydrogen (secondary N) is 2. The van der Waals surface area contributed by atoms with Gasteiger partial charge in [0.05, 0.1) is 40.5 Å². The highest BCUT2D eigenvalue weighted by atomic mass is 35.5. The summed E-state index contributed by atoms with van der Waals surface area (Å²) < 4.78 is 124. The molecule has 0 radical (unpaired) electrons. The molecular weight excluding hydrogens is 850 g/mol. The second kappa shape index (κ2) is 15.6. The summed E-state index contributed by atoms with van der Waals surface area (Å²) in [6.07, 6.45) is -2.50. The predicted molar refractivity (Wildman–Crippen MR) is 214 cm³/mol. The molecule has 3 aliphatic rings. The molecule has 0 bridgehead atoms. The normalized spacial score (nSPS) is 21.2. The molecule has 1 aliphatic heterocycles. The molecule has 2 N–H and O–H groups in total. The third-order valence-corrected chi connectivity index (χ3v) is 12.1. The number of aromatic nitrogens is 5. The predicted octanol–water partition coefficient (Wildman–Crippen LogP) is 6.84. The van der Waals surface area contributed by atoms with Crippen LogP contribution in [0.2, 0.25) is 5.02 Å². The lowest BCUT2D eigenvalue weighted by Crippen LogP contribution is -2.49. The Kier molecular flexibility index (Phi) is 10.9. The van der Waals surface area contributed by atoms with Gasteiger partial charge in [0.15, 0.2) is 5.82 Å². The maximum atomic E-state index is 15.5. The van der Waals surface area contributed by atoms with E-state index in [2.05, 4.69) is 37.0 Å². The van der Waals surface area contributed by atoms with Gasteiger partial charge in [0.1, 0.15) is 40.9 Å². The molecule has 2 aromatic carbocycles. The molecule has 3 aromatic heterocycles. The van der Waals surface area contributed by atoms with Crippen LogP contribution in [0.25, 0.3) is 22.0 Å². The summed E-state index contributed by atoms with van der Waals surface area (Å²) in [5, 5.41) is 11.3. The van der Waals surface area contributed by atoms with E-state index in [-0.39, 0.29) is 51.6 Å². The molecule has 2 aliphatic carbocycles. The second-order valence-electron chi connectivity index (χ2n) is 15.8. The Bertz CT molecular complexity index is 2750. The molecule has 12 nitrogen and oxygen atoms in total. The number of sulfonamides is 1. The van der Waals surface area contributed by atoms with Crippen LogP contribution in [0.5, 0.6) is 0 Å². The van der Waals surface area contributed by atoms with E-state index in [4.69, 9.17) is 21.3 Å². The van der Waals surface area contributed by atoms with E-state index in [1.165, 1.54) is 10.7 Å². The summed E-state index contributed by atoms with van der Waals surface area (Å²) in [4.78, 5) is 21.2. The highest BCUT2D eigenvalue weighted by Crippen LogP contribution is 2.68. The molecule has 322 valence electrons. The molecule has 1 saturated carbocycles. The number of aryl methyl sites for hydroxylation is 1. The van der Waals surface area contributed by atoms with Crippen LogP contribution in [0, 0.1) is 29.4 Å². The summed E-state index contributed by atoms with van der Waals surface area (Å²) in [5.41, 5.74) is -1.29. The minimum absolute atomic E-state index is 0.0279. The zero-order valence-electron chi connectivity index (χ0n) is 33.2. The number of fused-ring (bicyclic) bond motifs is 4. The molecule has 5 aromatic rings. The Morgan fingerprint density at radius 1 is 1.08 bits per heavy atom. The minimum Gasteiger partial charge on any atom is -0.360 e. The van der Waals surface area contributed by atoms with E-state index in [1.54, 1.807) is 25.2 Å². The van der Waals surface area contributed by atoms with Gasteiger partial charge in [0.2, 0.25) is 15.9 Å². The van der Waals surface area contributed by atoms with E-state index in [1.807, 2.05) is 13.8 Å². The first-order valence-electron chi connectivity index (χ1n) is 19.3. The molecule has 2 fully saturated rings. The average molecular weight is 889 g/mol. The number of carbonyl (C=O) groups excluding carboxylic acids is 1. The van der Waals surface area contributed by atoms with Crippen LogP contribution in [0.3, 0.4) is 0 Å². The van der Waals surface area contributed by atoms with Crippen LogP contribution in [-0.4, -0.2) is 81.9 Å². The van der Waals surface area contributed by atoms with Crippen molar-refractivity contribution in [3.63, 3.8) is 0 Å². The zero-order valence-corrected chi connectivity index (χ0v) is 34.7. The fraction of sp³-hybridized carbons (Fsp3) is 0.415. The van der Waals surface area contributed by atoms with Crippen LogP contribution in [-0.2, 0) is 45.5 Å². The van der Waals surface area contributed by atoms with Crippen molar-refractivity contribution < 1.29 is 44.3 Å². The highest BCUT2D eigenvalue weighted by molar-refractivity contribution is 7.92. The monoisotopic (exact) mass is 888 g/mol. The van der Waals surface area contributed by atoms with Crippen LogP contribution >= 0.6 is 11.6 Å². The number of pyridine rings is 1. The standard InChI is InChI=1S/C41H39ClF6N8O4S/c1-5-55-12-13-60-40(2,20-55)11-10-24-6-7-25(26-8-9-29(42)33-36(26)54(3)52-39(33)53-61(4,58)59)34(49-24)30(16-21-14-22(43)17-23(44)15-21)50-31(57)19-56-37-32(35(51-56)38(45)46)27-18-28(27)41(37,47)48/h6-9,14-15,17,27-28,30,38H,5,12-13,16,18-20H2,1-4H3,(H,50,57)(H,52,53)/t27-,28+,30-,40+/m0/s1. The molecule has 1 amide bonds. The Hall–Kier alpha value is -5.16. The van der Waals surface area contributed by atoms with Crippen LogP contribution in [0.4, 0.5) is 32.2 Å². The van der Waals surface area contributed by atoms with Crippen molar-refractivity contribution in [1.29, 1.82) is 0 Å². The number of nitrogens with zero attached hydrogens (tertiary/aromatic N) is 6. The molecule has 8 rings (SSSR count). The lowest BCUT2D eigenvalue weighted by molar-refractivity contribution is -0.123. The van der Waals surface area contributed by atoms with Crippen molar-refractivity contribution in [3.8, 4) is 23.0 Å². The maximum Gasteiger partial charge on any atom is 0.293 e. The third-order valence-electron chi connectivity index (χ3n) is 11.2. The quantitative estimate of drug-likeness (QED) is 0.109. The number of halogens is 7. The molecule has 61 heavy (non-hydrogen) atoms. The number of benzene rings is 2. The lowest BCUT2D eigenvalue weighted by atomic mass is 9.93. The number of carbonyl (C=O) groups is 1. The minimum atomic E-state index is -3.83. The zero-order chi connectivity index (χ0) is 43.8. The molecule has 0 spiro atoms. The van der Waals surface area contributed by atoms with Gasteiger partial charge in [-0.25, -0.2) is 31.0 Å². The summed E-state index contributed by atoms with van der Waals surface area (Å²) in [7, 11) is -2.28. The topological polar surface area (TPSA) is 136 Å². The molecular formula is C41H39ClF6N8O4S. The molecule has 4 atom stereocenters. The number of rotatable bonds is 11. The van der Waals surface area contributed by atoms with Crippen molar-refractivity contribution in [2.75, 3.05) is 37.2 Å². The Balaban J connectivity index is 1.27. The first kappa shape index (κ1) is 42.5. The number of morpholine rings is 1. The molecule has 0 unspecified atom stereocenters. The van der Waals surface area contributed by atoms with E-state index >= 15 is 8.78 Å². The summed E-state index contributed by atoms with van der Waals surface area (Å²) in [6.45, 7) is 5.40. The van der Waals surface area contributed by atoms with Gasteiger partial charge >= 0.3 is 0 Å². The maximum absolute atomic E-state index is 15.5. The average Bonchev–Trinajstić information content (AvgIpc) is 3.72. The van der Waals surface area contributed by atoms with Gasteiger partial charge < -0.3 is 10.1 Å². The van der Waals surface area contributed by atoms with Gasteiger partial charge in [-0.2, -0.15) is 19.0 Å². The Morgan fingerprint density at radius 3 is 2.49 bits per heavy atom. The first-order chi connectivity index (χ1) is 28.7. The fourth-order valence-corrected chi connectivity index (χ4v) is 9.24. The van der Waals surface area contributed by atoms with Gasteiger partial charge in [0, 0.05) is 48.8 Å². The number of anilines is 1. The second-order valence-corrected chi connectivity index (χ2v) is 17.9. The van der Waals surface area contributed by atoms with Gasteiger partial charge in [0.25, 0.3) is 12.3 Å². The van der Waals surface area contributed by atoms with Gasteiger partial charge in [-0.15, -0.1) is 0 Å². The van der Waals surface area contributed by atoms with E-state index in [9.17, 15) is 30.8 Å². The summed E-state index contributed by atoms with van der Waals surface area (Å²) in [5.74, 6) is -2.08. The number of likely N-dealkylation sites (N-methyl/N-ethyl adjacent to an activating group) is 1. The SMILES string of the molecule is CCN1CCO[C@](C)(C#Cc2ccc(-c3ccc(Cl)c4c(NS(C)(=O)=O)nn(C)c34)c([C@H](Cc3cc(F)cc(F)c3)NC(=O)Cn3nc(C(F)F)c4c3C(F)(F)[C@@H]3C[C@H]43)n2)C1. The number of alkyl halides is 4. The molecule has 1 saturated heterocycles. The van der Waals surface area contributed by atoms with E-state index < -0.39 is 81.3 Å². The number of hydrogen-bond acceptors (Lipinski definition) is 8. The number of hydrogen-bond donors (Lipinski definition) is 2. The van der Waals surface area contributed by atoms with Crippen LogP contribution in [0.15, 0.2) is 42.5 Å². The van der Waals surface area contributed by atoms with Crippen molar-refractivity contribution >= 4 is 44.3 Å².